The van der Waals surface area contributed by atoms with E-state index in [0.717, 1.165) is 11.7 Å². The van der Waals surface area contributed by atoms with Gasteiger partial charge in [0.25, 0.3) is 0 Å². The minimum absolute atomic E-state index is 0.798. The molecule has 0 fully saturated rings. The number of rotatable bonds is 10. The Bertz CT molecular complexity index is 122. The normalized spacial score (nSPS) is 13.4. The Morgan fingerprint density at radius 1 is 1.00 bits per heavy atom. The molecule has 0 aromatic rings. The molecule has 1 atom stereocenters. The van der Waals surface area contributed by atoms with Crippen LogP contribution in [0.4, 0.5) is 0 Å². The molecule has 0 aromatic heterocycles. The van der Waals surface area contributed by atoms with E-state index in [1.165, 1.54) is 51.7 Å². The topological polar surface area (TPSA) is 3.24 Å². The summed E-state index contributed by atoms with van der Waals surface area (Å²) in [5.74, 6) is 1.84. The minimum Gasteiger partial charge on any atom is -0.303 e. The predicted octanol–water partition coefficient (Wildman–Crippen LogP) is 3.84. The smallest absolute Gasteiger partial charge is 0.00174 e. The van der Waals surface area contributed by atoms with E-state index in [2.05, 4.69) is 38.3 Å². The summed E-state index contributed by atoms with van der Waals surface area (Å²) < 4.78 is 0. The summed E-state index contributed by atoms with van der Waals surface area (Å²) in [7, 11) is 0. The lowest BCUT2D eigenvalue weighted by Gasteiger charge is -2.26. The fourth-order valence-electron chi connectivity index (χ4n) is 2.03. The van der Waals surface area contributed by atoms with Gasteiger partial charge in [-0.1, -0.05) is 33.6 Å². The molecule has 0 amide bonds. The zero-order valence-corrected chi connectivity index (χ0v) is 11.7. The second-order valence-corrected chi connectivity index (χ2v) is 4.86. The van der Waals surface area contributed by atoms with E-state index in [1.54, 1.807) is 0 Å². The Balaban J connectivity index is 3.85. The predicted molar refractivity (Wildman–Crippen MR) is 73.9 cm³/mol. The van der Waals surface area contributed by atoms with Gasteiger partial charge in [0.05, 0.1) is 0 Å². The van der Waals surface area contributed by atoms with Crippen molar-refractivity contribution in [3.8, 4) is 0 Å². The lowest BCUT2D eigenvalue weighted by atomic mass is 10.0. The van der Waals surface area contributed by atoms with Crippen molar-refractivity contribution in [2.45, 2.75) is 52.9 Å². The van der Waals surface area contributed by atoms with Gasteiger partial charge in [0.15, 0.2) is 0 Å². The van der Waals surface area contributed by atoms with Crippen LogP contribution in [0.3, 0.4) is 0 Å². The molecule has 92 valence electrons. The molecule has 0 heterocycles. The van der Waals surface area contributed by atoms with Crippen molar-refractivity contribution in [2.24, 2.45) is 5.92 Å². The van der Waals surface area contributed by atoms with Gasteiger partial charge in [-0.2, -0.15) is 12.6 Å². The lowest BCUT2D eigenvalue weighted by Crippen LogP contribution is -2.31. The van der Waals surface area contributed by atoms with Crippen LogP contribution in [0.5, 0.6) is 0 Å². The molecule has 0 aromatic carbocycles. The first-order chi connectivity index (χ1) is 7.28. The number of unbranched alkanes of at least 4 members (excludes halogenated alkanes) is 1. The largest absolute Gasteiger partial charge is 0.303 e. The van der Waals surface area contributed by atoms with Crippen LogP contribution in [0.25, 0.3) is 0 Å². The average molecular weight is 231 g/mol. The fourth-order valence-corrected chi connectivity index (χ4v) is 2.32. The third kappa shape index (κ3) is 8.15. The maximum Gasteiger partial charge on any atom is 0.00174 e. The van der Waals surface area contributed by atoms with Crippen LogP contribution in [0.15, 0.2) is 0 Å². The molecule has 0 aliphatic rings. The third-order valence-corrected chi connectivity index (χ3v) is 3.34. The van der Waals surface area contributed by atoms with Crippen molar-refractivity contribution < 1.29 is 0 Å². The average Bonchev–Trinajstić information content (AvgIpc) is 2.24. The summed E-state index contributed by atoms with van der Waals surface area (Å²) in [5, 5.41) is 0. The second-order valence-electron chi connectivity index (χ2n) is 4.49. The maximum absolute atomic E-state index is 4.47. The first-order valence-corrected chi connectivity index (χ1v) is 7.24. The molecule has 0 aliphatic carbocycles. The summed E-state index contributed by atoms with van der Waals surface area (Å²) in [5.41, 5.74) is 0. The Hall–Kier alpha value is 0.310. The number of thiol groups is 1. The minimum atomic E-state index is 0.798. The molecule has 15 heavy (non-hydrogen) atoms. The van der Waals surface area contributed by atoms with Crippen molar-refractivity contribution in [1.82, 2.24) is 4.90 Å². The van der Waals surface area contributed by atoms with E-state index in [4.69, 9.17) is 0 Å². The molecule has 0 radical (unpaired) electrons. The van der Waals surface area contributed by atoms with Gasteiger partial charge in [0.2, 0.25) is 0 Å². The maximum atomic E-state index is 4.47. The second kappa shape index (κ2) is 10.8. The van der Waals surface area contributed by atoms with E-state index >= 15 is 0 Å². The third-order valence-electron chi connectivity index (χ3n) is 2.82. The van der Waals surface area contributed by atoms with E-state index in [9.17, 15) is 0 Å². The zero-order chi connectivity index (χ0) is 11.5. The molecule has 0 spiro atoms. The molecule has 1 nitrogen and oxygen atoms in total. The number of nitrogens with zero attached hydrogens (tertiary/aromatic N) is 1. The highest BCUT2D eigenvalue weighted by molar-refractivity contribution is 7.80. The summed E-state index contributed by atoms with van der Waals surface area (Å²) in [6.07, 6.45) is 6.56. The Kier molecular flexibility index (Phi) is 11.0. The van der Waals surface area contributed by atoms with E-state index in [-0.39, 0.29) is 0 Å². The molecule has 0 rings (SSSR count). The van der Waals surface area contributed by atoms with Gasteiger partial charge < -0.3 is 4.90 Å². The van der Waals surface area contributed by atoms with Gasteiger partial charge in [-0.3, -0.25) is 0 Å². The van der Waals surface area contributed by atoms with Crippen molar-refractivity contribution in [3.05, 3.63) is 0 Å². The van der Waals surface area contributed by atoms with Crippen LogP contribution < -0.4 is 0 Å². The molecule has 0 N–H and O–H groups in total. The molecular formula is C13H29NS. The highest BCUT2D eigenvalue weighted by Gasteiger charge is 2.11. The zero-order valence-electron chi connectivity index (χ0n) is 10.8. The van der Waals surface area contributed by atoms with Crippen LogP contribution in [-0.4, -0.2) is 30.3 Å². The van der Waals surface area contributed by atoms with Gasteiger partial charge in [-0.05, 0) is 44.0 Å². The first kappa shape index (κ1) is 15.3. The van der Waals surface area contributed by atoms with Crippen molar-refractivity contribution >= 4 is 12.6 Å². The summed E-state index contributed by atoms with van der Waals surface area (Å²) in [4.78, 5) is 2.61. The van der Waals surface area contributed by atoms with Gasteiger partial charge in [-0.25, -0.2) is 0 Å². The number of hydrogen-bond donors (Lipinski definition) is 1. The highest BCUT2D eigenvalue weighted by Crippen LogP contribution is 2.12. The van der Waals surface area contributed by atoms with Gasteiger partial charge in [0, 0.05) is 6.54 Å². The Labute approximate surface area is 102 Å². The van der Waals surface area contributed by atoms with Crippen LogP contribution in [-0.2, 0) is 0 Å². The summed E-state index contributed by atoms with van der Waals surface area (Å²) in [6.45, 7) is 10.6. The van der Waals surface area contributed by atoms with E-state index in [1.807, 2.05) is 0 Å². The molecule has 0 saturated heterocycles. The quantitative estimate of drug-likeness (QED) is 0.559. The van der Waals surface area contributed by atoms with Crippen LogP contribution >= 0.6 is 12.6 Å². The van der Waals surface area contributed by atoms with E-state index in [0.29, 0.717) is 0 Å². The number of hydrogen-bond acceptors (Lipinski definition) is 2. The van der Waals surface area contributed by atoms with Crippen LogP contribution in [0, 0.1) is 5.92 Å². The van der Waals surface area contributed by atoms with Gasteiger partial charge >= 0.3 is 0 Å². The Morgan fingerprint density at radius 2 is 1.60 bits per heavy atom. The fraction of sp³-hybridized carbons (Fsp3) is 1.00. The summed E-state index contributed by atoms with van der Waals surface area (Å²) in [6, 6.07) is 0. The lowest BCUT2D eigenvalue weighted by molar-refractivity contribution is 0.233. The van der Waals surface area contributed by atoms with Gasteiger partial charge in [-0.15, -0.1) is 0 Å². The molecule has 1 unspecified atom stereocenters. The monoisotopic (exact) mass is 231 g/mol. The Morgan fingerprint density at radius 3 is 2.00 bits per heavy atom. The van der Waals surface area contributed by atoms with Crippen molar-refractivity contribution in [2.75, 3.05) is 25.4 Å². The summed E-state index contributed by atoms with van der Waals surface area (Å²) >= 11 is 4.47. The van der Waals surface area contributed by atoms with Gasteiger partial charge in [0.1, 0.15) is 0 Å². The van der Waals surface area contributed by atoms with Crippen LogP contribution in [0.1, 0.15) is 52.9 Å². The molecule has 0 bridgehead atoms. The first-order valence-electron chi connectivity index (χ1n) is 6.61. The van der Waals surface area contributed by atoms with Crippen molar-refractivity contribution in [1.29, 1.82) is 0 Å². The van der Waals surface area contributed by atoms with Crippen LogP contribution in [0.2, 0.25) is 0 Å². The molecule has 2 heteroatoms. The molecule has 0 saturated carbocycles. The van der Waals surface area contributed by atoms with Crippen molar-refractivity contribution in [3.63, 3.8) is 0 Å². The standard InChI is InChI=1S/C13H29NS/c1-4-7-8-13(12-15)11-14(9-5-2)10-6-3/h13,15H,4-12H2,1-3H3. The molecule has 0 aliphatic heterocycles. The van der Waals surface area contributed by atoms with E-state index < -0.39 is 0 Å². The molecular weight excluding hydrogens is 202 g/mol. The highest BCUT2D eigenvalue weighted by atomic mass is 32.1. The SMILES string of the molecule is CCCCC(CS)CN(CCC)CCC.